The molecular formula is C19H36O4. The Labute approximate surface area is 141 Å². The summed E-state index contributed by atoms with van der Waals surface area (Å²) in [6.45, 7) is 4.80. The number of methoxy groups -OCH3 is 1. The fraction of sp³-hybridized carbons (Fsp3) is 1.00. The first-order valence-electron chi connectivity index (χ1n) is 9.53. The van der Waals surface area contributed by atoms with Crippen molar-refractivity contribution in [2.24, 2.45) is 17.8 Å². The third-order valence-electron chi connectivity index (χ3n) is 5.52. The van der Waals surface area contributed by atoms with Gasteiger partial charge in [-0.25, -0.2) is 0 Å². The van der Waals surface area contributed by atoms with Crippen molar-refractivity contribution >= 4 is 0 Å². The van der Waals surface area contributed by atoms with Crippen molar-refractivity contribution in [2.45, 2.75) is 70.5 Å². The molecule has 0 aromatic heterocycles. The normalized spacial score (nSPS) is 33.5. The lowest BCUT2D eigenvalue weighted by atomic mass is 9.83. The van der Waals surface area contributed by atoms with Crippen LogP contribution in [0.15, 0.2) is 0 Å². The molecule has 0 aromatic carbocycles. The summed E-state index contributed by atoms with van der Waals surface area (Å²) in [4.78, 5) is 0. The number of hydrogen-bond donors (Lipinski definition) is 1. The zero-order chi connectivity index (χ0) is 16.5. The maximum atomic E-state index is 10.0. The van der Waals surface area contributed by atoms with Crippen molar-refractivity contribution in [1.29, 1.82) is 0 Å². The maximum absolute atomic E-state index is 10.0. The van der Waals surface area contributed by atoms with Gasteiger partial charge >= 0.3 is 0 Å². The molecule has 0 bridgehead atoms. The quantitative estimate of drug-likeness (QED) is 0.704. The molecule has 1 atom stereocenters. The van der Waals surface area contributed by atoms with Gasteiger partial charge in [-0.2, -0.15) is 0 Å². The molecule has 0 heterocycles. The molecule has 0 amide bonds. The third-order valence-corrected chi connectivity index (χ3v) is 5.52. The average Bonchev–Trinajstić information content (AvgIpc) is 2.56. The smallest absolute Gasteiger partial charge is 0.101 e. The summed E-state index contributed by atoms with van der Waals surface area (Å²) in [7, 11) is 1.78. The van der Waals surface area contributed by atoms with E-state index in [9.17, 15) is 5.11 Å². The van der Waals surface area contributed by atoms with E-state index in [2.05, 4.69) is 6.92 Å². The third kappa shape index (κ3) is 7.51. The van der Waals surface area contributed by atoms with Crippen LogP contribution in [0.25, 0.3) is 0 Å². The highest BCUT2D eigenvalue weighted by atomic mass is 16.5. The summed E-state index contributed by atoms with van der Waals surface area (Å²) in [5.41, 5.74) is 0. The maximum Gasteiger partial charge on any atom is 0.101 e. The standard InChI is InChI=1S/C19H36O4/c1-15-3-9-19(10-4-15)23-14-18(20)13-22-12-17-7-5-16(6-8-17)11-21-2/h15-20H,3-14H2,1-2H3. The number of ether oxygens (including phenoxy) is 3. The molecule has 0 aromatic rings. The average molecular weight is 328 g/mol. The zero-order valence-electron chi connectivity index (χ0n) is 15.0. The highest BCUT2D eigenvalue weighted by molar-refractivity contribution is 4.73. The van der Waals surface area contributed by atoms with Crippen LogP contribution in [-0.4, -0.2) is 50.9 Å². The lowest BCUT2D eigenvalue weighted by molar-refractivity contribution is -0.0613. The molecule has 1 N–H and O–H groups in total. The molecule has 0 saturated heterocycles. The molecule has 2 fully saturated rings. The molecule has 2 rings (SSSR count). The summed E-state index contributed by atoms with van der Waals surface area (Å²) in [5.74, 6) is 2.21. The molecule has 2 saturated carbocycles. The second kappa shape index (κ2) is 10.7. The first-order valence-corrected chi connectivity index (χ1v) is 9.53. The van der Waals surface area contributed by atoms with Gasteiger partial charge in [-0.15, -0.1) is 0 Å². The van der Waals surface area contributed by atoms with Crippen LogP contribution >= 0.6 is 0 Å². The molecular weight excluding hydrogens is 292 g/mol. The molecule has 0 spiro atoms. The van der Waals surface area contributed by atoms with Crippen molar-refractivity contribution in [2.75, 3.05) is 33.5 Å². The lowest BCUT2D eigenvalue weighted by Crippen LogP contribution is -2.29. The molecule has 4 heteroatoms. The van der Waals surface area contributed by atoms with E-state index in [4.69, 9.17) is 14.2 Å². The predicted octanol–water partition coefficient (Wildman–Crippen LogP) is 3.41. The number of hydrogen-bond acceptors (Lipinski definition) is 4. The molecule has 0 aliphatic heterocycles. The summed E-state index contributed by atoms with van der Waals surface area (Å²) >= 11 is 0. The first kappa shape index (κ1) is 19.2. The minimum Gasteiger partial charge on any atom is -0.388 e. The van der Waals surface area contributed by atoms with E-state index < -0.39 is 6.10 Å². The van der Waals surface area contributed by atoms with Crippen LogP contribution < -0.4 is 0 Å². The lowest BCUT2D eigenvalue weighted by Gasteiger charge is -2.28. The molecule has 23 heavy (non-hydrogen) atoms. The molecule has 4 nitrogen and oxygen atoms in total. The van der Waals surface area contributed by atoms with E-state index in [1.54, 1.807) is 7.11 Å². The Bertz CT molecular complexity index is 294. The topological polar surface area (TPSA) is 47.9 Å². The predicted molar refractivity (Wildman–Crippen MR) is 91.5 cm³/mol. The van der Waals surface area contributed by atoms with Crippen LogP contribution in [0.1, 0.15) is 58.3 Å². The zero-order valence-corrected chi connectivity index (χ0v) is 15.0. The van der Waals surface area contributed by atoms with Crippen LogP contribution in [0.4, 0.5) is 0 Å². The van der Waals surface area contributed by atoms with Crippen LogP contribution in [0, 0.1) is 17.8 Å². The molecule has 1 unspecified atom stereocenters. The molecule has 2 aliphatic carbocycles. The van der Waals surface area contributed by atoms with E-state index in [0.29, 0.717) is 25.2 Å². The highest BCUT2D eigenvalue weighted by Gasteiger charge is 2.22. The van der Waals surface area contributed by atoms with E-state index in [1.807, 2.05) is 0 Å². The van der Waals surface area contributed by atoms with Gasteiger partial charge in [0.05, 0.1) is 19.3 Å². The van der Waals surface area contributed by atoms with Gasteiger partial charge in [-0.05, 0) is 69.1 Å². The minimum absolute atomic E-state index is 0.344. The van der Waals surface area contributed by atoms with Gasteiger partial charge in [0.1, 0.15) is 6.10 Å². The van der Waals surface area contributed by atoms with Crippen LogP contribution in [0.5, 0.6) is 0 Å². The van der Waals surface area contributed by atoms with Gasteiger partial charge in [0, 0.05) is 20.3 Å². The van der Waals surface area contributed by atoms with E-state index in [0.717, 1.165) is 37.9 Å². The van der Waals surface area contributed by atoms with Gasteiger partial charge in [0.2, 0.25) is 0 Å². The SMILES string of the molecule is COCC1CCC(COCC(O)COC2CCC(C)CC2)CC1. The molecule has 136 valence electrons. The van der Waals surface area contributed by atoms with Crippen molar-refractivity contribution in [1.82, 2.24) is 0 Å². The van der Waals surface area contributed by atoms with Crippen molar-refractivity contribution < 1.29 is 19.3 Å². The number of aliphatic hydroxyl groups is 1. The Kier molecular flexibility index (Phi) is 8.88. The fourth-order valence-corrected chi connectivity index (χ4v) is 3.86. The monoisotopic (exact) mass is 328 g/mol. The van der Waals surface area contributed by atoms with Crippen LogP contribution in [-0.2, 0) is 14.2 Å². The van der Waals surface area contributed by atoms with Gasteiger partial charge in [0.15, 0.2) is 0 Å². The molecule has 0 radical (unpaired) electrons. The van der Waals surface area contributed by atoms with Crippen molar-refractivity contribution in [3.63, 3.8) is 0 Å². The van der Waals surface area contributed by atoms with Gasteiger partial charge in [0.25, 0.3) is 0 Å². The number of aliphatic hydroxyl groups excluding tert-OH is 1. The Morgan fingerprint density at radius 3 is 2.09 bits per heavy atom. The van der Waals surface area contributed by atoms with Crippen LogP contribution in [0.2, 0.25) is 0 Å². The van der Waals surface area contributed by atoms with Crippen molar-refractivity contribution in [3.05, 3.63) is 0 Å². The molecule has 2 aliphatic rings. The minimum atomic E-state index is -0.487. The van der Waals surface area contributed by atoms with Crippen molar-refractivity contribution in [3.8, 4) is 0 Å². The van der Waals surface area contributed by atoms with Gasteiger partial charge < -0.3 is 19.3 Å². The summed E-state index contributed by atoms with van der Waals surface area (Å²) < 4.78 is 16.8. The van der Waals surface area contributed by atoms with Crippen LogP contribution in [0.3, 0.4) is 0 Å². The Balaban J connectivity index is 1.48. The second-order valence-electron chi connectivity index (χ2n) is 7.75. The fourth-order valence-electron chi connectivity index (χ4n) is 3.86. The van der Waals surface area contributed by atoms with Gasteiger partial charge in [-0.1, -0.05) is 6.92 Å². The Hall–Kier alpha value is -0.160. The number of rotatable bonds is 9. The summed E-state index contributed by atoms with van der Waals surface area (Å²) in [5, 5.41) is 10.0. The van der Waals surface area contributed by atoms with E-state index in [-0.39, 0.29) is 0 Å². The summed E-state index contributed by atoms with van der Waals surface area (Å²) in [6.07, 6.45) is 9.57. The largest absolute Gasteiger partial charge is 0.388 e. The van der Waals surface area contributed by atoms with Gasteiger partial charge in [-0.3, -0.25) is 0 Å². The highest BCUT2D eigenvalue weighted by Crippen LogP contribution is 2.29. The second-order valence-corrected chi connectivity index (χ2v) is 7.75. The Morgan fingerprint density at radius 2 is 1.48 bits per heavy atom. The van der Waals surface area contributed by atoms with E-state index in [1.165, 1.54) is 38.5 Å². The summed E-state index contributed by atoms with van der Waals surface area (Å²) in [6, 6.07) is 0. The van der Waals surface area contributed by atoms with E-state index >= 15 is 0 Å². The Morgan fingerprint density at radius 1 is 0.870 bits per heavy atom. The first-order chi connectivity index (χ1) is 11.2.